The molecule has 1 aliphatic rings. The summed E-state index contributed by atoms with van der Waals surface area (Å²) in [5.41, 5.74) is 0. The molecule has 3 heteroatoms. The van der Waals surface area contributed by atoms with Crippen LogP contribution in [-0.2, 0) is 0 Å². The molecule has 21 heavy (non-hydrogen) atoms. The Morgan fingerprint density at radius 1 is 1.19 bits per heavy atom. The molecule has 0 amide bonds. The Morgan fingerprint density at radius 2 is 2.05 bits per heavy atom. The fourth-order valence-corrected chi connectivity index (χ4v) is 3.04. The van der Waals surface area contributed by atoms with Crippen molar-refractivity contribution in [1.29, 1.82) is 0 Å². The summed E-state index contributed by atoms with van der Waals surface area (Å²) in [4.78, 5) is 2.49. The SMILES string of the molecule is CNC1CCCN(CCOc2ccc3ccccc3c2)C1. The summed E-state index contributed by atoms with van der Waals surface area (Å²) in [6, 6.07) is 15.4. The minimum atomic E-state index is 0.638. The Kier molecular flexibility index (Phi) is 4.73. The van der Waals surface area contributed by atoms with Gasteiger partial charge in [0.05, 0.1) is 0 Å². The number of ether oxygens (including phenoxy) is 1. The zero-order chi connectivity index (χ0) is 14.5. The van der Waals surface area contributed by atoms with Crippen LogP contribution in [0.5, 0.6) is 5.75 Å². The Labute approximate surface area is 126 Å². The van der Waals surface area contributed by atoms with E-state index in [-0.39, 0.29) is 0 Å². The molecule has 1 atom stereocenters. The zero-order valence-electron chi connectivity index (χ0n) is 12.7. The standard InChI is InChI=1S/C18H24N2O/c1-19-17-7-4-10-20(14-17)11-12-21-18-9-8-15-5-2-3-6-16(15)13-18/h2-3,5-6,8-9,13,17,19H,4,7,10-12,14H2,1H3. The lowest BCUT2D eigenvalue weighted by molar-refractivity contribution is 0.162. The number of nitrogens with zero attached hydrogens (tertiary/aromatic N) is 1. The first-order valence-corrected chi connectivity index (χ1v) is 7.86. The second-order valence-corrected chi connectivity index (χ2v) is 5.79. The lowest BCUT2D eigenvalue weighted by atomic mass is 10.1. The van der Waals surface area contributed by atoms with E-state index >= 15 is 0 Å². The quantitative estimate of drug-likeness (QED) is 0.913. The summed E-state index contributed by atoms with van der Waals surface area (Å²) in [6.07, 6.45) is 2.57. The third-order valence-electron chi connectivity index (χ3n) is 4.31. The van der Waals surface area contributed by atoms with Crippen LogP contribution in [0.1, 0.15) is 12.8 Å². The average molecular weight is 284 g/mol. The van der Waals surface area contributed by atoms with Gasteiger partial charge >= 0.3 is 0 Å². The molecule has 0 saturated carbocycles. The highest BCUT2D eigenvalue weighted by atomic mass is 16.5. The van der Waals surface area contributed by atoms with Crippen LogP contribution in [-0.4, -0.2) is 44.2 Å². The van der Waals surface area contributed by atoms with Gasteiger partial charge in [-0.3, -0.25) is 4.90 Å². The molecule has 2 aromatic carbocycles. The van der Waals surface area contributed by atoms with E-state index in [0.29, 0.717) is 6.04 Å². The number of hydrogen-bond donors (Lipinski definition) is 1. The number of fused-ring (bicyclic) bond motifs is 1. The summed E-state index contributed by atoms with van der Waals surface area (Å²) in [7, 11) is 2.06. The summed E-state index contributed by atoms with van der Waals surface area (Å²) >= 11 is 0. The number of rotatable bonds is 5. The third-order valence-corrected chi connectivity index (χ3v) is 4.31. The van der Waals surface area contributed by atoms with E-state index < -0.39 is 0 Å². The Hall–Kier alpha value is -1.58. The highest BCUT2D eigenvalue weighted by molar-refractivity contribution is 5.83. The Balaban J connectivity index is 1.52. The molecule has 0 bridgehead atoms. The van der Waals surface area contributed by atoms with Crippen LogP contribution < -0.4 is 10.1 Å². The molecule has 1 N–H and O–H groups in total. The number of likely N-dealkylation sites (tertiary alicyclic amines) is 1. The molecule has 0 aromatic heterocycles. The van der Waals surface area contributed by atoms with Gasteiger partial charge in [0.1, 0.15) is 12.4 Å². The normalized spacial score (nSPS) is 19.8. The van der Waals surface area contributed by atoms with Crippen LogP contribution in [0.25, 0.3) is 10.8 Å². The van der Waals surface area contributed by atoms with Crippen LogP contribution in [0.2, 0.25) is 0 Å². The van der Waals surface area contributed by atoms with Crippen molar-refractivity contribution in [2.75, 3.05) is 33.3 Å². The number of nitrogens with one attached hydrogen (secondary N) is 1. The number of benzene rings is 2. The van der Waals surface area contributed by atoms with Crippen LogP contribution in [0, 0.1) is 0 Å². The van der Waals surface area contributed by atoms with Gasteiger partial charge in [-0.25, -0.2) is 0 Å². The molecule has 1 unspecified atom stereocenters. The molecule has 3 rings (SSSR count). The maximum atomic E-state index is 5.92. The van der Waals surface area contributed by atoms with E-state index in [2.05, 4.69) is 59.7 Å². The van der Waals surface area contributed by atoms with E-state index in [0.717, 1.165) is 25.4 Å². The van der Waals surface area contributed by atoms with Gasteiger partial charge in [0, 0.05) is 19.1 Å². The van der Waals surface area contributed by atoms with E-state index in [9.17, 15) is 0 Å². The fourth-order valence-electron chi connectivity index (χ4n) is 3.04. The van der Waals surface area contributed by atoms with Crippen molar-refractivity contribution in [2.24, 2.45) is 0 Å². The number of likely N-dealkylation sites (N-methyl/N-ethyl adjacent to an activating group) is 1. The van der Waals surface area contributed by atoms with Crippen molar-refractivity contribution in [1.82, 2.24) is 10.2 Å². The van der Waals surface area contributed by atoms with Gasteiger partial charge in [-0.2, -0.15) is 0 Å². The Morgan fingerprint density at radius 3 is 2.90 bits per heavy atom. The van der Waals surface area contributed by atoms with Crippen molar-refractivity contribution in [3.05, 3.63) is 42.5 Å². The monoisotopic (exact) mass is 284 g/mol. The van der Waals surface area contributed by atoms with Crippen LogP contribution in [0.15, 0.2) is 42.5 Å². The lowest BCUT2D eigenvalue weighted by Crippen LogP contribution is -2.45. The molecule has 1 aliphatic heterocycles. The summed E-state index contributed by atoms with van der Waals surface area (Å²) in [6.45, 7) is 4.09. The van der Waals surface area contributed by atoms with Crippen LogP contribution >= 0.6 is 0 Å². The van der Waals surface area contributed by atoms with Gasteiger partial charge in [-0.05, 0) is 49.3 Å². The van der Waals surface area contributed by atoms with E-state index in [1.54, 1.807) is 0 Å². The number of hydrogen-bond acceptors (Lipinski definition) is 3. The molecule has 1 heterocycles. The van der Waals surface area contributed by atoms with Crippen LogP contribution in [0.3, 0.4) is 0 Å². The summed E-state index contributed by atoms with van der Waals surface area (Å²) < 4.78 is 5.92. The van der Waals surface area contributed by atoms with Crippen molar-refractivity contribution < 1.29 is 4.74 Å². The van der Waals surface area contributed by atoms with Gasteiger partial charge in [0.15, 0.2) is 0 Å². The average Bonchev–Trinajstić information content (AvgIpc) is 2.55. The van der Waals surface area contributed by atoms with E-state index in [1.165, 1.54) is 30.2 Å². The highest BCUT2D eigenvalue weighted by Gasteiger charge is 2.17. The minimum Gasteiger partial charge on any atom is -0.492 e. The Bertz CT molecular complexity index is 584. The molecule has 2 aromatic rings. The molecular formula is C18H24N2O. The zero-order valence-corrected chi connectivity index (χ0v) is 12.7. The highest BCUT2D eigenvalue weighted by Crippen LogP contribution is 2.20. The second kappa shape index (κ2) is 6.92. The van der Waals surface area contributed by atoms with Gasteiger partial charge in [-0.15, -0.1) is 0 Å². The molecular weight excluding hydrogens is 260 g/mol. The predicted molar refractivity (Wildman–Crippen MR) is 88.0 cm³/mol. The molecule has 0 radical (unpaired) electrons. The van der Waals surface area contributed by atoms with Gasteiger partial charge in [0.25, 0.3) is 0 Å². The first-order valence-electron chi connectivity index (χ1n) is 7.86. The first kappa shape index (κ1) is 14.4. The van der Waals surface area contributed by atoms with Crippen molar-refractivity contribution >= 4 is 10.8 Å². The maximum absolute atomic E-state index is 5.92. The molecule has 0 spiro atoms. The van der Waals surface area contributed by atoms with E-state index in [4.69, 9.17) is 4.74 Å². The second-order valence-electron chi connectivity index (χ2n) is 5.79. The third kappa shape index (κ3) is 3.74. The summed E-state index contributed by atoms with van der Waals surface area (Å²) in [5, 5.41) is 5.88. The van der Waals surface area contributed by atoms with Crippen LogP contribution in [0.4, 0.5) is 0 Å². The first-order chi connectivity index (χ1) is 10.3. The van der Waals surface area contributed by atoms with Crippen molar-refractivity contribution in [3.63, 3.8) is 0 Å². The van der Waals surface area contributed by atoms with E-state index in [1.807, 2.05) is 0 Å². The van der Waals surface area contributed by atoms with Gasteiger partial charge in [0.2, 0.25) is 0 Å². The summed E-state index contributed by atoms with van der Waals surface area (Å²) in [5.74, 6) is 0.968. The predicted octanol–water partition coefficient (Wildman–Crippen LogP) is 2.90. The molecule has 0 aliphatic carbocycles. The molecule has 1 saturated heterocycles. The van der Waals surface area contributed by atoms with Gasteiger partial charge < -0.3 is 10.1 Å². The smallest absolute Gasteiger partial charge is 0.120 e. The largest absolute Gasteiger partial charge is 0.492 e. The van der Waals surface area contributed by atoms with Crippen molar-refractivity contribution in [2.45, 2.75) is 18.9 Å². The topological polar surface area (TPSA) is 24.5 Å². The lowest BCUT2D eigenvalue weighted by Gasteiger charge is -2.32. The van der Waals surface area contributed by atoms with Crippen molar-refractivity contribution in [3.8, 4) is 5.75 Å². The molecule has 112 valence electrons. The fraction of sp³-hybridized carbons (Fsp3) is 0.444. The number of piperidine rings is 1. The molecule has 1 fully saturated rings. The minimum absolute atomic E-state index is 0.638. The maximum Gasteiger partial charge on any atom is 0.120 e. The molecule has 3 nitrogen and oxygen atoms in total. The van der Waals surface area contributed by atoms with Gasteiger partial charge in [-0.1, -0.05) is 30.3 Å².